The van der Waals surface area contributed by atoms with Crippen LogP contribution in [0, 0.1) is 0 Å². The van der Waals surface area contributed by atoms with E-state index in [1.807, 2.05) is 0 Å². The number of benzene rings is 1. The number of methoxy groups -OCH3 is 1. The fourth-order valence-electron chi connectivity index (χ4n) is 1.12. The Hall–Kier alpha value is 0.211. The van der Waals surface area contributed by atoms with Crippen LogP contribution in [0.15, 0.2) is 36.3 Å². The summed E-state index contributed by atoms with van der Waals surface area (Å²) in [7, 11) is 1.54. The van der Waals surface area contributed by atoms with Gasteiger partial charge in [-0.25, -0.2) is 0 Å². The van der Waals surface area contributed by atoms with Crippen LogP contribution in [0.4, 0.5) is 12.9 Å². The zero-order chi connectivity index (χ0) is 12.9. The number of rotatable bonds is 6. The van der Waals surface area contributed by atoms with Crippen molar-refractivity contribution in [1.82, 2.24) is 0 Å². The molecule has 0 bridgehead atoms. The van der Waals surface area contributed by atoms with Crippen molar-refractivity contribution in [2.45, 2.75) is 6.61 Å². The summed E-state index contributed by atoms with van der Waals surface area (Å²) < 4.78 is 46.3. The minimum Gasteiger partial charge on any atom is -0.497 e. The van der Waals surface area contributed by atoms with E-state index in [4.69, 9.17) is 9.47 Å². The molecule has 0 unspecified atom stereocenters. The van der Waals surface area contributed by atoms with Crippen molar-refractivity contribution in [2.24, 2.45) is 0 Å². The maximum absolute atomic E-state index is 12.1. The number of ether oxygens (including phenoxy) is 2. The molecule has 0 aliphatic heterocycles. The quantitative estimate of drug-likeness (QED) is 0.693. The van der Waals surface area contributed by atoms with Gasteiger partial charge >= 0.3 is 58.4 Å². The number of halogens is 3. The third kappa shape index (κ3) is 6.40. The molecular formula is C11H13BF3KO2. The fraction of sp³-hybridized carbons (Fsp3) is 0.273. The molecular weight excluding hydrogens is 271 g/mol. The predicted octanol–water partition coefficient (Wildman–Crippen LogP) is 0.159. The second kappa shape index (κ2) is 8.40. The summed E-state index contributed by atoms with van der Waals surface area (Å²) in [6.45, 7) is -2.43. The minimum atomic E-state index is -5.00. The van der Waals surface area contributed by atoms with Crippen molar-refractivity contribution in [2.75, 3.05) is 13.7 Å². The zero-order valence-electron chi connectivity index (χ0n) is 10.5. The summed E-state index contributed by atoms with van der Waals surface area (Å²) >= 11 is 0. The molecule has 18 heavy (non-hydrogen) atoms. The average molecular weight is 284 g/mol. The van der Waals surface area contributed by atoms with Crippen molar-refractivity contribution in [3.05, 3.63) is 41.9 Å². The summed E-state index contributed by atoms with van der Waals surface area (Å²) in [5.74, 6) is 0.691. The van der Waals surface area contributed by atoms with E-state index in [0.29, 0.717) is 5.75 Å². The monoisotopic (exact) mass is 284 g/mol. The van der Waals surface area contributed by atoms with Crippen LogP contribution >= 0.6 is 0 Å². The summed E-state index contributed by atoms with van der Waals surface area (Å²) in [5, 5.41) is 0. The normalized spacial score (nSPS) is 10.7. The predicted molar refractivity (Wildman–Crippen MR) is 60.9 cm³/mol. The van der Waals surface area contributed by atoms with Gasteiger partial charge in [-0.2, -0.15) is 0 Å². The Morgan fingerprint density at radius 1 is 1.22 bits per heavy atom. The van der Waals surface area contributed by atoms with Gasteiger partial charge in [0.15, 0.2) is 0 Å². The maximum atomic E-state index is 12.1. The Balaban J connectivity index is 0.00000289. The van der Waals surface area contributed by atoms with Gasteiger partial charge in [-0.15, -0.1) is 12.1 Å². The summed E-state index contributed by atoms with van der Waals surface area (Å²) in [5.41, 5.74) is -0.0354. The molecule has 0 fully saturated rings. The third-order valence-corrected chi connectivity index (χ3v) is 2.18. The molecule has 1 rings (SSSR count). The molecule has 0 amide bonds. The fourth-order valence-corrected chi connectivity index (χ4v) is 1.12. The second-order valence-corrected chi connectivity index (χ2v) is 3.57. The van der Waals surface area contributed by atoms with Gasteiger partial charge in [0.2, 0.25) is 0 Å². The molecule has 0 heterocycles. The SMILES string of the molecule is C=C(COCc1ccc(OC)cc1)[B-](F)(F)F.[K+]. The standard InChI is InChI=1S/C11H13BF3O2.K/c1-9(12(13,14)15)7-17-8-10-3-5-11(16-2)6-4-10;/h3-6H,1,7-8H2,2H3;/q-1;+1. The van der Waals surface area contributed by atoms with Gasteiger partial charge in [0, 0.05) is 6.61 Å². The molecule has 0 aromatic heterocycles. The first-order valence-electron chi connectivity index (χ1n) is 5.02. The molecule has 1 aromatic carbocycles. The molecule has 0 radical (unpaired) electrons. The first-order chi connectivity index (χ1) is 7.93. The van der Waals surface area contributed by atoms with Gasteiger partial charge in [-0.1, -0.05) is 12.1 Å². The Bertz CT molecular complexity index is 379. The zero-order valence-corrected chi connectivity index (χ0v) is 13.6. The van der Waals surface area contributed by atoms with E-state index in [0.717, 1.165) is 5.56 Å². The van der Waals surface area contributed by atoms with E-state index in [-0.39, 0.29) is 58.0 Å². The first-order valence-corrected chi connectivity index (χ1v) is 5.02. The topological polar surface area (TPSA) is 18.5 Å². The van der Waals surface area contributed by atoms with Crippen molar-refractivity contribution < 1.29 is 73.8 Å². The van der Waals surface area contributed by atoms with E-state index in [1.54, 1.807) is 31.4 Å². The third-order valence-electron chi connectivity index (χ3n) is 2.18. The molecule has 0 aliphatic carbocycles. The van der Waals surface area contributed by atoms with Crippen LogP contribution in [-0.2, 0) is 11.3 Å². The Kier molecular flexibility index (Phi) is 8.49. The van der Waals surface area contributed by atoms with Crippen LogP contribution in [0.1, 0.15) is 5.56 Å². The van der Waals surface area contributed by atoms with E-state index in [2.05, 4.69) is 6.58 Å². The van der Waals surface area contributed by atoms with Gasteiger partial charge in [-0.05, 0) is 17.7 Å². The van der Waals surface area contributed by atoms with E-state index in [9.17, 15) is 12.9 Å². The second-order valence-electron chi connectivity index (χ2n) is 3.57. The van der Waals surface area contributed by atoms with Gasteiger partial charge in [0.05, 0.1) is 13.7 Å². The van der Waals surface area contributed by atoms with E-state index < -0.39 is 19.1 Å². The van der Waals surface area contributed by atoms with Crippen molar-refractivity contribution in [1.29, 1.82) is 0 Å². The minimum absolute atomic E-state index is 0. The van der Waals surface area contributed by atoms with Crippen LogP contribution in [-0.4, -0.2) is 20.7 Å². The van der Waals surface area contributed by atoms with Crippen LogP contribution in [0.5, 0.6) is 5.75 Å². The molecule has 7 heteroatoms. The average Bonchev–Trinajstić information content (AvgIpc) is 2.28. The van der Waals surface area contributed by atoms with Gasteiger partial charge in [0.25, 0.3) is 0 Å². The molecule has 1 aromatic rings. The summed E-state index contributed by atoms with van der Waals surface area (Å²) in [4.78, 5) is 0. The molecule has 0 atom stereocenters. The molecule has 0 aliphatic rings. The largest absolute Gasteiger partial charge is 1.00 e. The summed E-state index contributed by atoms with van der Waals surface area (Å²) in [6, 6.07) is 6.92. The Morgan fingerprint density at radius 2 is 1.78 bits per heavy atom. The first kappa shape index (κ1) is 18.2. The van der Waals surface area contributed by atoms with Gasteiger partial charge in [0.1, 0.15) is 5.75 Å². The van der Waals surface area contributed by atoms with Gasteiger partial charge < -0.3 is 22.4 Å². The van der Waals surface area contributed by atoms with Crippen LogP contribution in [0.2, 0.25) is 0 Å². The van der Waals surface area contributed by atoms with Crippen molar-refractivity contribution in [3.63, 3.8) is 0 Å². The molecule has 2 nitrogen and oxygen atoms in total. The Labute approximate surface area is 147 Å². The van der Waals surface area contributed by atoms with Crippen molar-refractivity contribution >= 4 is 6.98 Å². The molecule has 94 valence electrons. The van der Waals surface area contributed by atoms with Crippen molar-refractivity contribution in [3.8, 4) is 5.75 Å². The molecule has 0 saturated heterocycles. The molecule has 0 N–H and O–H groups in total. The number of hydrogen-bond donors (Lipinski definition) is 0. The van der Waals surface area contributed by atoms with Crippen LogP contribution in [0.25, 0.3) is 0 Å². The Morgan fingerprint density at radius 3 is 2.22 bits per heavy atom. The van der Waals surface area contributed by atoms with Crippen LogP contribution < -0.4 is 56.1 Å². The summed E-state index contributed by atoms with van der Waals surface area (Å²) in [6.07, 6.45) is 0. The maximum Gasteiger partial charge on any atom is 1.00 e. The van der Waals surface area contributed by atoms with Gasteiger partial charge in [-0.3, -0.25) is 0 Å². The van der Waals surface area contributed by atoms with E-state index in [1.165, 1.54) is 0 Å². The smallest absolute Gasteiger partial charge is 0.497 e. The molecule has 0 spiro atoms. The van der Waals surface area contributed by atoms with E-state index >= 15 is 0 Å². The van der Waals surface area contributed by atoms with Crippen LogP contribution in [0.3, 0.4) is 0 Å². The molecule has 0 saturated carbocycles. The number of hydrogen-bond acceptors (Lipinski definition) is 2.